The Morgan fingerprint density at radius 3 is 3.17 bits per heavy atom. The highest BCUT2D eigenvalue weighted by atomic mass is 32.2. The highest BCUT2D eigenvalue weighted by molar-refractivity contribution is 8.03. The minimum Gasteiger partial charge on any atom is -0.515 e. The van der Waals surface area contributed by atoms with Gasteiger partial charge in [0.2, 0.25) is 0 Å². The van der Waals surface area contributed by atoms with Crippen LogP contribution in [0.15, 0.2) is 27.8 Å². The van der Waals surface area contributed by atoms with Crippen LogP contribution in [-0.2, 0) is 0 Å². The molecule has 0 aliphatic carbocycles. The van der Waals surface area contributed by atoms with Crippen LogP contribution in [0.2, 0.25) is 0 Å². The van der Waals surface area contributed by atoms with E-state index in [2.05, 4.69) is 4.99 Å². The van der Waals surface area contributed by atoms with Crippen LogP contribution in [-0.4, -0.2) is 24.1 Å². The molecule has 1 N–H and O–H groups in total. The molecule has 0 aromatic carbocycles. The van der Waals surface area contributed by atoms with Crippen molar-refractivity contribution < 1.29 is 5.11 Å². The second-order valence-corrected chi connectivity index (χ2v) is 3.47. The molecule has 66 valence electrons. The van der Waals surface area contributed by atoms with Crippen LogP contribution in [0.3, 0.4) is 0 Å². The molecule has 0 saturated heterocycles. The van der Waals surface area contributed by atoms with E-state index in [1.165, 1.54) is 6.26 Å². The van der Waals surface area contributed by atoms with Gasteiger partial charge in [-0.2, -0.15) is 0 Å². The molecule has 0 fully saturated rings. The first-order chi connectivity index (χ1) is 5.86. The van der Waals surface area contributed by atoms with Gasteiger partial charge in [-0.1, -0.05) is 0 Å². The minimum absolute atomic E-state index is 0.856. The molecule has 0 amide bonds. The first-order valence-corrected chi connectivity index (χ1v) is 5.18. The van der Waals surface area contributed by atoms with Gasteiger partial charge in [0.05, 0.1) is 6.26 Å². The largest absolute Gasteiger partial charge is 0.515 e. The summed E-state index contributed by atoms with van der Waals surface area (Å²) in [7, 11) is 0. The maximum atomic E-state index is 8.86. The summed E-state index contributed by atoms with van der Waals surface area (Å²) in [5.41, 5.74) is 0.991. The van der Waals surface area contributed by atoms with Crippen molar-refractivity contribution in [2.45, 2.75) is 12.8 Å². The number of nitrogens with zero attached hydrogens (tertiary/aromatic N) is 1. The molecule has 0 aromatic rings. The maximum absolute atomic E-state index is 8.86. The quantitative estimate of drug-likeness (QED) is 0.634. The molecular weight excluding hydrogens is 170 g/mol. The summed E-state index contributed by atoms with van der Waals surface area (Å²) in [5.74, 6) is 0. The van der Waals surface area contributed by atoms with E-state index in [0.29, 0.717) is 0 Å². The zero-order chi connectivity index (χ0) is 8.81. The summed E-state index contributed by atoms with van der Waals surface area (Å²) in [5, 5.41) is 8.86. The van der Waals surface area contributed by atoms with Gasteiger partial charge in [0.15, 0.2) is 0 Å². The van der Waals surface area contributed by atoms with Gasteiger partial charge in [-0.3, -0.25) is 4.99 Å². The zero-order valence-corrected chi connectivity index (χ0v) is 7.97. The average molecular weight is 183 g/mol. The normalized spacial score (nSPS) is 28.8. The van der Waals surface area contributed by atoms with Crippen LogP contribution >= 0.6 is 11.8 Å². The van der Waals surface area contributed by atoms with Gasteiger partial charge in [-0.05, 0) is 30.7 Å². The molecule has 12 heavy (non-hydrogen) atoms. The van der Waals surface area contributed by atoms with Crippen LogP contribution in [0.5, 0.6) is 0 Å². The average Bonchev–Trinajstić information content (AvgIpc) is 2.05. The lowest BCUT2D eigenvalue weighted by molar-refractivity contribution is 0.466. The van der Waals surface area contributed by atoms with Crippen LogP contribution in [0, 0.1) is 0 Å². The summed E-state index contributed by atoms with van der Waals surface area (Å²) >= 11 is 1.65. The predicted molar refractivity (Wildman–Crippen MR) is 54.9 cm³/mol. The molecule has 0 atom stereocenters. The molecular formula is C9H13NOS. The Kier molecular flexibility index (Phi) is 3.94. The van der Waals surface area contributed by atoms with Gasteiger partial charge >= 0.3 is 0 Å². The molecule has 3 heteroatoms. The summed E-state index contributed by atoms with van der Waals surface area (Å²) in [4.78, 5) is 5.34. The van der Waals surface area contributed by atoms with E-state index in [4.69, 9.17) is 5.11 Å². The Labute approximate surface area is 77.1 Å². The van der Waals surface area contributed by atoms with Gasteiger partial charge in [0.25, 0.3) is 0 Å². The van der Waals surface area contributed by atoms with Crippen molar-refractivity contribution in [2.75, 3.05) is 12.8 Å². The van der Waals surface area contributed by atoms with Gasteiger partial charge in [0, 0.05) is 17.7 Å². The van der Waals surface area contributed by atoms with Crippen molar-refractivity contribution in [1.29, 1.82) is 0 Å². The van der Waals surface area contributed by atoms with E-state index < -0.39 is 0 Å². The van der Waals surface area contributed by atoms with Crippen molar-refractivity contribution >= 4 is 18.0 Å². The van der Waals surface area contributed by atoms with Gasteiger partial charge in [-0.25, -0.2) is 0 Å². The summed E-state index contributed by atoms with van der Waals surface area (Å²) in [6, 6.07) is 0. The number of aliphatic hydroxyl groups is 1. The molecule has 0 unspecified atom stereocenters. The molecule has 0 radical (unpaired) electrons. The lowest BCUT2D eigenvalue weighted by Crippen LogP contribution is -1.92. The Bertz CT molecular complexity index is 231. The monoisotopic (exact) mass is 183 g/mol. The number of rotatable bonds is 1. The van der Waals surface area contributed by atoms with Gasteiger partial charge < -0.3 is 5.11 Å². The molecule has 1 aliphatic heterocycles. The van der Waals surface area contributed by atoms with Crippen LogP contribution in [0.1, 0.15) is 12.8 Å². The Morgan fingerprint density at radius 1 is 1.67 bits per heavy atom. The number of thioether (sulfide) groups is 1. The number of aliphatic hydroxyl groups excluding tert-OH is 1. The van der Waals surface area contributed by atoms with Crippen LogP contribution < -0.4 is 0 Å². The van der Waals surface area contributed by atoms with E-state index >= 15 is 0 Å². The molecule has 0 spiro atoms. The van der Waals surface area contributed by atoms with E-state index in [1.807, 2.05) is 18.5 Å². The SMILES string of the molecule is CSC1=C/C(=C/O)CCC/N=C\1. The third kappa shape index (κ3) is 2.74. The molecule has 2 nitrogen and oxygen atoms in total. The Hall–Kier alpha value is -0.700. The molecule has 1 aliphatic rings. The number of allylic oxidation sites excluding steroid dienone is 3. The molecule has 1 heterocycles. The highest BCUT2D eigenvalue weighted by Crippen LogP contribution is 2.17. The predicted octanol–water partition coefficient (Wildman–Crippen LogP) is 2.54. The van der Waals surface area contributed by atoms with Crippen molar-refractivity contribution in [3.8, 4) is 0 Å². The number of aliphatic imine (C=N–C) groups is 1. The van der Waals surface area contributed by atoms with E-state index in [1.54, 1.807) is 11.8 Å². The Morgan fingerprint density at radius 2 is 2.50 bits per heavy atom. The minimum atomic E-state index is 0.856. The number of hydrogen-bond acceptors (Lipinski definition) is 3. The van der Waals surface area contributed by atoms with Crippen molar-refractivity contribution in [2.24, 2.45) is 4.99 Å². The van der Waals surface area contributed by atoms with Crippen molar-refractivity contribution in [3.63, 3.8) is 0 Å². The highest BCUT2D eigenvalue weighted by Gasteiger charge is 1.99. The van der Waals surface area contributed by atoms with Crippen LogP contribution in [0.4, 0.5) is 0 Å². The zero-order valence-electron chi connectivity index (χ0n) is 7.16. The first kappa shape index (κ1) is 9.39. The lowest BCUT2D eigenvalue weighted by Gasteiger charge is -2.04. The van der Waals surface area contributed by atoms with Gasteiger partial charge in [-0.15, -0.1) is 11.8 Å². The van der Waals surface area contributed by atoms with Gasteiger partial charge in [0.1, 0.15) is 0 Å². The standard InChI is InChI=1S/C9H13NOS/c1-12-9-5-8(7-11)3-2-4-10-6-9/h5-7,11H,2-4H2,1H3/b8-7+,9-5+,10-6-. The first-order valence-electron chi connectivity index (χ1n) is 3.95. The molecule has 0 aromatic heterocycles. The van der Waals surface area contributed by atoms with Crippen LogP contribution in [0.25, 0.3) is 0 Å². The lowest BCUT2D eigenvalue weighted by atomic mass is 10.1. The maximum Gasteiger partial charge on any atom is 0.0824 e. The van der Waals surface area contributed by atoms with E-state index in [9.17, 15) is 0 Å². The second-order valence-electron chi connectivity index (χ2n) is 2.59. The third-order valence-corrected chi connectivity index (χ3v) is 2.40. The van der Waals surface area contributed by atoms with E-state index in [-0.39, 0.29) is 0 Å². The smallest absolute Gasteiger partial charge is 0.0824 e. The Balaban J connectivity index is 2.79. The van der Waals surface area contributed by atoms with E-state index in [0.717, 1.165) is 29.9 Å². The molecule has 0 bridgehead atoms. The molecule has 1 rings (SSSR count). The topological polar surface area (TPSA) is 32.6 Å². The van der Waals surface area contributed by atoms with Crippen molar-refractivity contribution in [1.82, 2.24) is 0 Å². The third-order valence-electron chi connectivity index (χ3n) is 1.70. The molecule has 0 saturated carbocycles. The second kappa shape index (κ2) is 5.04. The fourth-order valence-electron chi connectivity index (χ4n) is 1.03. The summed E-state index contributed by atoms with van der Waals surface area (Å²) in [6.07, 6.45) is 8.98. The fraction of sp³-hybridized carbons (Fsp3) is 0.444. The summed E-state index contributed by atoms with van der Waals surface area (Å²) < 4.78 is 0. The fourth-order valence-corrected chi connectivity index (χ4v) is 1.48. The summed E-state index contributed by atoms with van der Waals surface area (Å²) in [6.45, 7) is 0.856. The van der Waals surface area contributed by atoms with Crippen molar-refractivity contribution in [3.05, 3.63) is 22.8 Å². The number of hydrogen-bond donors (Lipinski definition) is 1.